The number of amides is 1. The lowest BCUT2D eigenvalue weighted by Crippen LogP contribution is -2.39. The minimum atomic E-state index is -0.232. The average molecular weight is 301 g/mol. The van der Waals surface area contributed by atoms with Gasteiger partial charge in [0.05, 0.1) is 12.6 Å². The lowest BCUT2D eigenvalue weighted by atomic mass is 10.1. The van der Waals surface area contributed by atoms with E-state index in [2.05, 4.69) is 10.3 Å². The fourth-order valence-corrected chi connectivity index (χ4v) is 2.41. The van der Waals surface area contributed by atoms with E-state index < -0.39 is 0 Å². The number of aryl methyl sites for hydroxylation is 2. The number of carbonyl (C=O) groups excluding carboxylic acids is 1. The van der Waals surface area contributed by atoms with Crippen molar-refractivity contribution < 1.29 is 9.90 Å². The summed E-state index contributed by atoms with van der Waals surface area (Å²) >= 11 is 0. The summed E-state index contributed by atoms with van der Waals surface area (Å²) in [5.74, 6) is 0.936. The molecule has 1 aromatic carbocycles. The maximum absolute atomic E-state index is 12.0. The van der Waals surface area contributed by atoms with Gasteiger partial charge in [-0.25, -0.2) is 4.98 Å². The molecule has 0 saturated carbocycles. The number of aromatic nitrogens is 2. The summed E-state index contributed by atoms with van der Waals surface area (Å²) in [7, 11) is 0. The van der Waals surface area contributed by atoms with Crippen LogP contribution >= 0.6 is 0 Å². The first kappa shape index (κ1) is 16.2. The maximum atomic E-state index is 12.0. The van der Waals surface area contributed by atoms with Crippen molar-refractivity contribution in [2.45, 2.75) is 38.8 Å². The van der Waals surface area contributed by atoms with Crippen molar-refractivity contribution in [1.82, 2.24) is 14.9 Å². The predicted octanol–water partition coefficient (Wildman–Crippen LogP) is 1.69. The fraction of sp³-hybridized carbons (Fsp3) is 0.412. The third kappa shape index (κ3) is 5.00. The van der Waals surface area contributed by atoms with Crippen LogP contribution in [0.25, 0.3) is 0 Å². The molecule has 0 aliphatic carbocycles. The van der Waals surface area contributed by atoms with Crippen LogP contribution in [0.1, 0.15) is 24.2 Å². The molecule has 1 aromatic heterocycles. The van der Waals surface area contributed by atoms with Gasteiger partial charge in [0.15, 0.2) is 0 Å². The van der Waals surface area contributed by atoms with Gasteiger partial charge in [-0.1, -0.05) is 30.3 Å². The number of hydrogen-bond acceptors (Lipinski definition) is 3. The van der Waals surface area contributed by atoms with Crippen molar-refractivity contribution in [2.24, 2.45) is 0 Å². The first-order chi connectivity index (χ1) is 10.7. The van der Waals surface area contributed by atoms with Gasteiger partial charge >= 0.3 is 0 Å². The third-order valence-corrected chi connectivity index (χ3v) is 3.64. The Morgan fingerprint density at radius 1 is 1.36 bits per heavy atom. The molecular weight excluding hydrogens is 278 g/mol. The first-order valence-corrected chi connectivity index (χ1v) is 7.61. The second-order valence-corrected chi connectivity index (χ2v) is 5.41. The van der Waals surface area contributed by atoms with Gasteiger partial charge in [0.1, 0.15) is 5.82 Å². The molecule has 2 N–H and O–H groups in total. The Hall–Kier alpha value is -2.14. The van der Waals surface area contributed by atoms with E-state index in [1.165, 1.54) is 0 Å². The number of hydrogen-bond donors (Lipinski definition) is 2. The Labute approximate surface area is 131 Å². The Morgan fingerprint density at radius 2 is 2.14 bits per heavy atom. The smallest absolute Gasteiger partial charge is 0.220 e. The van der Waals surface area contributed by atoms with E-state index in [1.807, 2.05) is 48.0 Å². The largest absolute Gasteiger partial charge is 0.394 e. The molecule has 1 atom stereocenters. The minimum absolute atomic E-state index is 0.0206. The van der Waals surface area contributed by atoms with E-state index >= 15 is 0 Å². The van der Waals surface area contributed by atoms with E-state index in [4.69, 9.17) is 0 Å². The summed E-state index contributed by atoms with van der Waals surface area (Å²) in [6, 6.07) is 9.63. The molecule has 0 bridgehead atoms. The zero-order chi connectivity index (χ0) is 15.8. The Morgan fingerprint density at radius 3 is 2.77 bits per heavy atom. The number of nitrogens with one attached hydrogen (secondary N) is 1. The molecule has 1 heterocycles. The Kier molecular flexibility index (Phi) is 6.15. The number of aliphatic hydroxyl groups excluding tert-OH is 1. The number of rotatable bonds is 8. The van der Waals surface area contributed by atoms with Crippen molar-refractivity contribution in [1.29, 1.82) is 0 Å². The monoisotopic (exact) mass is 301 g/mol. The molecule has 1 unspecified atom stereocenters. The second-order valence-electron chi connectivity index (χ2n) is 5.41. The Balaban J connectivity index is 1.74. The molecule has 0 aliphatic rings. The average Bonchev–Trinajstić information content (AvgIpc) is 2.93. The van der Waals surface area contributed by atoms with Crippen LogP contribution in [-0.2, 0) is 17.8 Å². The molecule has 0 radical (unpaired) electrons. The molecule has 5 heteroatoms. The summed E-state index contributed by atoms with van der Waals surface area (Å²) in [6.07, 6.45) is 5.52. The maximum Gasteiger partial charge on any atom is 0.220 e. The van der Waals surface area contributed by atoms with Crippen LogP contribution in [-0.4, -0.2) is 33.2 Å². The van der Waals surface area contributed by atoms with Gasteiger partial charge in [-0.05, 0) is 25.3 Å². The molecule has 0 saturated heterocycles. The molecule has 2 aromatic rings. The number of aliphatic hydroxyl groups is 1. The molecule has 0 fully saturated rings. The van der Waals surface area contributed by atoms with Gasteiger partial charge in [0, 0.05) is 25.4 Å². The zero-order valence-electron chi connectivity index (χ0n) is 12.9. The van der Waals surface area contributed by atoms with Crippen LogP contribution in [0, 0.1) is 6.92 Å². The van der Waals surface area contributed by atoms with Crippen LogP contribution in [0.15, 0.2) is 42.7 Å². The van der Waals surface area contributed by atoms with Crippen LogP contribution in [0.4, 0.5) is 0 Å². The van der Waals surface area contributed by atoms with Crippen molar-refractivity contribution in [3.05, 3.63) is 54.1 Å². The predicted molar refractivity (Wildman–Crippen MR) is 85.4 cm³/mol. The summed E-state index contributed by atoms with van der Waals surface area (Å²) in [5.41, 5.74) is 1.11. The topological polar surface area (TPSA) is 67.2 Å². The zero-order valence-corrected chi connectivity index (χ0v) is 12.9. The molecule has 22 heavy (non-hydrogen) atoms. The van der Waals surface area contributed by atoms with Gasteiger partial charge < -0.3 is 15.0 Å². The van der Waals surface area contributed by atoms with Crippen molar-refractivity contribution in [3.63, 3.8) is 0 Å². The SMILES string of the molecule is Cc1nccn1CCCC(=O)NC(CO)Cc1ccccc1. The highest BCUT2D eigenvalue weighted by Gasteiger charge is 2.12. The molecule has 118 valence electrons. The minimum Gasteiger partial charge on any atom is -0.394 e. The van der Waals surface area contributed by atoms with Gasteiger partial charge in [-0.2, -0.15) is 0 Å². The van der Waals surface area contributed by atoms with Gasteiger partial charge in [-0.3, -0.25) is 4.79 Å². The number of nitrogens with zero attached hydrogens (tertiary/aromatic N) is 2. The number of carbonyl (C=O) groups is 1. The van der Waals surface area contributed by atoms with E-state index in [0.717, 1.165) is 24.4 Å². The Bertz CT molecular complexity index is 581. The van der Waals surface area contributed by atoms with Gasteiger partial charge in [0.25, 0.3) is 0 Å². The van der Waals surface area contributed by atoms with Crippen LogP contribution in [0.3, 0.4) is 0 Å². The van der Waals surface area contributed by atoms with E-state index in [0.29, 0.717) is 12.8 Å². The third-order valence-electron chi connectivity index (χ3n) is 3.64. The molecule has 2 rings (SSSR count). The summed E-state index contributed by atoms with van der Waals surface area (Å²) < 4.78 is 2.03. The number of benzene rings is 1. The van der Waals surface area contributed by atoms with Crippen LogP contribution < -0.4 is 5.32 Å². The second kappa shape index (κ2) is 8.34. The highest BCUT2D eigenvalue weighted by molar-refractivity contribution is 5.76. The lowest BCUT2D eigenvalue weighted by Gasteiger charge is -2.16. The lowest BCUT2D eigenvalue weighted by molar-refractivity contribution is -0.122. The summed E-state index contributed by atoms with van der Waals surface area (Å²) in [6.45, 7) is 2.67. The van der Waals surface area contributed by atoms with E-state index in [-0.39, 0.29) is 18.6 Å². The molecule has 0 aliphatic heterocycles. The van der Waals surface area contributed by atoms with Crippen molar-refractivity contribution in [3.8, 4) is 0 Å². The van der Waals surface area contributed by atoms with Crippen molar-refractivity contribution in [2.75, 3.05) is 6.61 Å². The quantitative estimate of drug-likeness (QED) is 0.780. The highest BCUT2D eigenvalue weighted by Crippen LogP contribution is 2.04. The molecule has 0 spiro atoms. The fourth-order valence-electron chi connectivity index (χ4n) is 2.41. The summed E-state index contributed by atoms with van der Waals surface area (Å²) in [5, 5.41) is 12.3. The molecule has 1 amide bonds. The van der Waals surface area contributed by atoms with E-state index in [9.17, 15) is 9.90 Å². The molecule has 5 nitrogen and oxygen atoms in total. The van der Waals surface area contributed by atoms with Gasteiger partial charge in [-0.15, -0.1) is 0 Å². The standard InChI is InChI=1S/C17H23N3O2/c1-14-18-9-11-20(14)10-5-8-17(22)19-16(13-21)12-15-6-3-2-4-7-15/h2-4,6-7,9,11,16,21H,5,8,10,12-13H2,1H3,(H,19,22). The molecular formula is C17H23N3O2. The number of imidazole rings is 1. The normalized spacial score (nSPS) is 12.1. The van der Waals surface area contributed by atoms with E-state index in [1.54, 1.807) is 6.20 Å². The summed E-state index contributed by atoms with van der Waals surface area (Å²) in [4.78, 5) is 16.1. The van der Waals surface area contributed by atoms with Crippen LogP contribution in [0.5, 0.6) is 0 Å². The van der Waals surface area contributed by atoms with Gasteiger partial charge in [0.2, 0.25) is 5.91 Å². The first-order valence-electron chi connectivity index (χ1n) is 7.61. The van der Waals surface area contributed by atoms with Crippen LogP contribution in [0.2, 0.25) is 0 Å². The highest BCUT2D eigenvalue weighted by atomic mass is 16.3. The van der Waals surface area contributed by atoms with Crippen molar-refractivity contribution >= 4 is 5.91 Å².